The number of methoxy groups -OCH3 is 1. The van der Waals surface area contributed by atoms with Gasteiger partial charge < -0.3 is 9.30 Å². The number of H-pyrrole nitrogens is 1. The molecule has 14 heavy (non-hydrogen) atoms. The van der Waals surface area contributed by atoms with Gasteiger partial charge >= 0.3 is 0 Å². The molecule has 78 valence electrons. The molecule has 2 rings (SSSR count). The van der Waals surface area contributed by atoms with Gasteiger partial charge in [0.25, 0.3) is 0 Å². The minimum atomic E-state index is 0.429. The standard InChI is InChI=1S/C9H15N3OS/c1-13-5-4-9(2-3-9)6-12-7-10-11-8(12)14/h7H,2-6H2,1H3,(H,11,14). The van der Waals surface area contributed by atoms with Crippen LogP contribution in [0.15, 0.2) is 6.33 Å². The molecule has 1 aromatic heterocycles. The fourth-order valence-electron chi connectivity index (χ4n) is 1.73. The minimum absolute atomic E-state index is 0.429. The second-order valence-electron chi connectivity index (χ2n) is 4.03. The molecule has 1 fully saturated rings. The van der Waals surface area contributed by atoms with E-state index in [4.69, 9.17) is 17.0 Å². The van der Waals surface area contributed by atoms with Gasteiger partial charge in [-0.15, -0.1) is 0 Å². The molecule has 5 heteroatoms. The Bertz CT molecular complexity index is 353. The summed E-state index contributed by atoms with van der Waals surface area (Å²) in [5, 5.41) is 6.69. The lowest BCUT2D eigenvalue weighted by Gasteiger charge is -2.14. The Labute approximate surface area is 88.3 Å². The Morgan fingerprint density at radius 1 is 1.71 bits per heavy atom. The number of nitrogens with zero attached hydrogens (tertiary/aromatic N) is 2. The summed E-state index contributed by atoms with van der Waals surface area (Å²) in [5.74, 6) is 0. The van der Waals surface area contributed by atoms with Crippen molar-refractivity contribution >= 4 is 12.2 Å². The van der Waals surface area contributed by atoms with Crippen LogP contribution in [-0.4, -0.2) is 28.5 Å². The molecule has 1 aliphatic rings. The topological polar surface area (TPSA) is 42.8 Å². The van der Waals surface area contributed by atoms with Crippen LogP contribution in [-0.2, 0) is 11.3 Å². The molecule has 1 aromatic rings. The fourth-order valence-corrected chi connectivity index (χ4v) is 1.89. The highest BCUT2D eigenvalue weighted by Crippen LogP contribution is 2.50. The Balaban J connectivity index is 1.97. The molecule has 0 unspecified atom stereocenters. The van der Waals surface area contributed by atoms with Gasteiger partial charge in [0, 0.05) is 20.3 Å². The van der Waals surface area contributed by atoms with Gasteiger partial charge in [-0.1, -0.05) is 0 Å². The average molecular weight is 213 g/mol. The maximum atomic E-state index is 5.11. The van der Waals surface area contributed by atoms with Gasteiger partial charge in [-0.3, -0.25) is 5.10 Å². The van der Waals surface area contributed by atoms with Crippen molar-refractivity contribution in [2.75, 3.05) is 13.7 Å². The van der Waals surface area contributed by atoms with Crippen LogP contribution in [0.5, 0.6) is 0 Å². The summed E-state index contributed by atoms with van der Waals surface area (Å²) in [6, 6.07) is 0. The Morgan fingerprint density at radius 3 is 3.00 bits per heavy atom. The molecular formula is C9H15N3OS. The molecule has 4 nitrogen and oxygen atoms in total. The maximum Gasteiger partial charge on any atom is 0.194 e. The lowest BCUT2D eigenvalue weighted by molar-refractivity contribution is 0.166. The number of aromatic amines is 1. The minimum Gasteiger partial charge on any atom is -0.385 e. The summed E-state index contributed by atoms with van der Waals surface area (Å²) in [7, 11) is 1.75. The zero-order valence-electron chi connectivity index (χ0n) is 8.32. The van der Waals surface area contributed by atoms with E-state index in [0.29, 0.717) is 10.2 Å². The summed E-state index contributed by atoms with van der Waals surface area (Å²) in [6.07, 6.45) is 5.46. The van der Waals surface area contributed by atoms with Crippen molar-refractivity contribution in [2.45, 2.75) is 25.8 Å². The summed E-state index contributed by atoms with van der Waals surface area (Å²) in [6.45, 7) is 1.82. The number of aromatic nitrogens is 3. The van der Waals surface area contributed by atoms with Crippen molar-refractivity contribution in [1.82, 2.24) is 14.8 Å². The third-order valence-electron chi connectivity index (χ3n) is 2.92. The quantitative estimate of drug-likeness (QED) is 0.758. The number of hydrogen-bond acceptors (Lipinski definition) is 3. The van der Waals surface area contributed by atoms with E-state index in [9.17, 15) is 0 Å². The second kappa shape index (κ2) is 3.82. The normalized spacial score (nSPS) is 18.4. The van der Waals surface area contributed by atoms with Gasteiger partial charge in [-0.2, -0.15) is 5.10 Å². The van der Waals surface area contributed by atoms with E-state index in [0.717, 1.165) is 19.6 Å². The van der Waals surface area contributed by atoms with Crippen LogP contribution in [0.4, 0.5) is 0 Å². The van der Waals surface area contributed by atoms with E-state index in [1.165, 1.54) is 12.8 Å². The third-order valence-corrected chi connectivity index (χ3v) is 3.24. The molecule has 0 amide bonds. The predicted octanol–water partition coefficient (Wildman–Crippen LogP) is 1.76. The first-order valence-corrected chi connectivity index (χ1v) is 5.25. The van der Waals surface area contributed by atoms with Crippen molar-refractivity contribution < 1.29 is 4.74 Å². The van der Waals surface area contributed by atoms with Crippen LogP contribution in [0.3, 0.4) is 0 Å². The molecule has 0 aromatic carbocycles. The fraction of sp³-hybridized carbons (Fsp3) is 0.778. The lowest BCUT2D eigenvalue weighted by atomic mass is 10.0. The van der Waals surface area contributed by atoms with Gasteiger partial charge in [0.2, 0.25) is 0 Å². The van der Waals surface area contributed by atoms with Crippen LogP contribution in [0.1, 0.15) is 19.3 Å². The zero-order valence-corrected chi connectivity index (χ0v) is 9.14. The summed E-state index contributed by atoms with van der Waals surface area (Å²) >= 11 is 5.11. The number of rotatable bonds is 5. The molecule has 0 atom stereocenters. The van der Waals surface area contributed by atoms with Gasteiger partial charge in [0.1, 0.15) is 6.33 Å². The SMILES string of the molecule is COCCC1(Cn2cn[nH]c2=S)CC1. The van der Waals surface area contributed by atoms with E-state index >= 15 is 0 Å². The van der Waals surface area contributed by atoms with E-state index in [-0.39, 0.29) is 0 Å². The summed E-state index contributed by atoms with van der Waals surface area (Å²) < 4.78 is 7.84. The predicted molar refractivity (Wildman–Crippen MR) is 55.6 cm³/mol. The lowest BCUT2D eigenvalue weighted by Crippen LogP contribution is -2.13. The highest BCUT2D eigenvalue weighted by atomic mass is 32.1. The molecule has 1 heterocycles. The molecular weight excluding hydrogens is 198 g/mol. The molecule has 0 radical (unpaired) electrons. The van der Waals surface area contributed by atoms with Crippen LogP contribution >= 0.6 is 12.2 Å². The smallest absolute Gasteiger partial charge is 0.194 e. The molecule has 0 aliphatic heterocycles. The van der Waals surface area contributed by atoms with Gasteiger partial charge in [-0.05, 0) is 36.9 Å². The first-order valence-electron chi connectivity index (χ1n) is 4.85. The largest absolute Gasteiger partial charge is 0.385 e. The van der Waals surface area contributed by atoms with E-state index < -0.39 is 0 Å². The molecule has 1 saturated carbocycles. The maximum absolute atomic E-state index is 5.11. The summed E-state index contributed by atoms with van der Waals surface area (Å²) in [5.41, 5.74) is 0.429. The van der Waals surface area contributed by atoms with E-state index in [1.807, 2.05) is 4.57 Å². The van der Waals surface area contributed by atoms with E-state index in [1.54, 1.807) is 13.4 Å². The van der Waals surface area contributed by atoms with Crippen molar-refractivity contribution in [1.29, 1.82) is 0 Å². The number of ether oxygens (including phenoxy) is 1. The van der Waals surface area contributed by atoms with Crippen LogP contribution in [0.2, 0.25) is 0 Å². The van der Waals surface area contributed by atoms with Gasteiger partial charge in [0.05, 0.1) is 0 Å². The first kappa shape index (κ1) is 9.86. The second-order valence-corrected chi connectivity index (χ2v) is 4.42. The number of hydrogen-bond donors (Lipinski definition) is 1. The molecule has 1 N–H and O–H groups in total. The average Bonchev–Trinajstić information content (AvgIpc) is 2.83. The highest BCUT2D eigenvalue weighted by molar-refractivity contribution is 7.71. The monoisotopic (exact) mass is 213 g/mol. The molecule has 0 saturated heterocycles. The van der Waals surface area contributed by atoms with Crippen molar-refractivity contribution in [3.8, 4) is 0 Å². The van der Waals surface area contributed by atoms with Crippen LogP contribution in [0.25, 0.3) is 0 Å². The summed E-state index contributed by atoms with van der Waals surface area (Å²) in [4.78, 5) is 0. The van der Waals surface area contributed by atoms with Gasteiger partial charge in [0.15, 0.2) is 4.77 Å². The molecule has 0 bridgehead atoms. The van der Waals surface area contributed by atoms with Crippen molar-refractivity contribution in [2.24, 2.45) is 5.41 Å². The Hall–Kier alpha value is -0.680. The number of nitrogens with one attached hydrogen (secondary N) is 1. The van der Waals surface area contributed by atoms with Crippen molar-refractivity contribution in [3.05, 3.63) is 11.1 Å². The molecule has 1 aliphatic carbocycles. The zero-order chi connectivity index (χ0) is 10.0. The Kier molecular flexibility index (Phi) is 2.69. The van der Waals surface area contributed by atoms with Crippen LogP contribution in [0, 0.1) is 10.2 Å². The van der Waals surface area contributed by atoms with Crippen molar-refractivity contribution in [3.63, 3.8) is 0 Å². The van der Waals surface area contributed by atoms with Crippen LogP contribution < -0.4 is 0 Å². The van der Waals surface area contributed by atoms with E-state index in [2.05, 4.69) is 10.2 Å². The third kappa shape index (κ3) is 2.04. The highest BCUT2D eigenvalue weighted by Gasteiger charge is 2.42. The van der Waals surface area contributed by atoms with Gasteiger partial charge in [-0.25, -0.2) is 0 Å². The first-order chi connectivity index (χ1) is 6.76. The molecule has 0 spiro atoms. The Morgan fingerprint density at radius 2 is 2.50 bits per heavy atom.